The third-order valence-corrected chi connectivity index (χ3v) is 3.41. The van der Waals surface area contributed by atoms with Gasteiger partial charge in [0, 0.05) is 6.54 Å². The first-order chi connectivity index (χ1) is 9.13. The third kappa shape index (κ3) is 3.68. The van der Waals surface area contributed by atoms with Crippen molar-refractivity contribution in [2.45, 2.75) is 25.0 Å². The number of β-amino-alcohol motifs (C(OH)–C–C–N with tert-alkyl or cyclic N) is 1. The highest BCUT2D eigenvalue weighted by atomic mass is 16.6. The summed E-state index contributed by atoms with van der Waals surface area (Å²) in [4.78, 5) is 13.4. The summed E-state index contributed by atoms with van der Waals surface area (Å²) in [5, 5.41) is 10.2. The summed E-state index contributed by atoms with van der Waals surface area (Å²) >= 11 is 0. The van der Waals surface area contributed by atoms with Crippen LogP contribution in [0.4, 0.5) is 4.79 Å². The second kappa shape index (κ2) is 6.04. The van der Waals surface area contributed by atoms with Gasteiger partial charge in [-0.3, -0.25) is 0 Å². The molecule has 0 bridgehead atoms. The van der Waals surface area contributed by atoms with Crippen molar-refractivity contribution >= 4 is 6.09 Å². The number of ether oxygens (including phenoxy) is 1. The van der Waals surface area contributed by atoms with E-state index in [0.717, 1.165) is 5.56 Å². The van der Waals surface area contributed by atoms with Gasteiger partial charge in [-0.2, -0.15) is 0 Å². The molecule has 1 aromatic carbocycles. The highest BCUT2D eigenvalue weighted by Crippen LogP contribution is 2.24. The second-order valence-electron chi connectivity index (χ2n) is 4.97. The Hall–Kier alpha value is -1.59. The van der Waals surface area contributed by atoms with Gasteiger partial charge in [-0.25, -0.2) is 4.79 Å². The lowest BCUT2D eigenvalue weighted by Gasteiger charge is -2.22. The number of rotatable bonds is 4. The van der Waals surface area contributed by atoms with Crippen LogP contribution in [-0.4, -0.2) is 41.3 Å². The quantitative estimate of drug-likeness (QED) is 0.854. The van der Waals surface area contributed by atoms with Gasteiger partial charge in [0.2, 0.25) is 0 Å². The van der Waals surface area contributed by atoms with Crippen LogP contribution < -0.4 is 5.73 Å². The standard InChI is InChI=1S/C14H20N2O3/c15-8-6-14(18)7-9-16(11-14)13(17)19-10-12-4-2-1-3-5-12/h1-5,18H,6-11,15H2. The molecular formula is C14H20N2O3. The molecule has 1 fully saturated rings. The molecule has 5 heteroatoms. The average Bonchev–Trinajstić information content (AvgIpc) is 2.80. The molecule has 1 heterocycles. The maximum absolute atomic E-state index is 11.9. The fourth-order valence-corrected chi connectivity index (χ4v) is 2.30. The van der Waals surface area contributed by atoms with Crippen molar-refractivity contribution in [1.29, 1.82) is 0 Å². The first-order valence-corrected chi connectivity index (χ1v) is 6.51. The zero-order valence-corrected chi connectivity index (χ0v) is 10.9. The lowest BCUT2D eigenvalue weighted by atomic mass is 9.99. The molecule has 3 N–H and O–H groups in total. The Morgan fingerprint density at radius 2 is 2.16 bits per heavy atom. The van der Waals surface area contributed by atoms with E-state index in [2.05, 4.69) is 0 Å². The number of aliphatic hydroxyl groups is 1. The molecule has 0 radical (unpaired) electrons. The molecule has 104 valence electrons. The van der Waals surface area contributed by atoms with Gasteiger partial charge in [0.25, 0.3) is 0 Å². The van der Waals surface area contributed by atoms with Crippen LogP contribution in [0.5, 0.6) is 0 Å². The van der Waals surface area contributed by atoms with Crippen LogP contribution in [0.3, 0.4) is 0 Å². The minimum atomic E-state index is -0.847. The molecule has 1 amide bonds. The Kier molecular flexibility index (Phi) is 4.39. The fraction of sp³-hybridized carbons (Fsp3) is 0.500. The first-order valence-electron chi connectivity index (χ1n) is 6.51. The highest BCUT2D eigenvalue weighted by molar-refractivity contribution is 5.68. The molecule has 2 rings (SSSR count). The van der Waals surface area contributed by atoms with Gasteiger partial charge in [-0.1, -0.05) is 30.3 Å². The lowest BCUT2D eigenvalue weighted by Crippen LogP contribution is -2.37. The number of carbonyl (C=O) groups is 1. The van der Waals surface area contributed by atoms with Gasteiger partial charge >= 0.3 is 6.09 Å². The first kappa shape index (κ1) is 13.8. The molecule has 0 saturated carbocycles. The molecule has 1 aliphatic rings. The number of nitrogens with two attached hydrogens (primary N) is 1. The van der Waals surface area contributed by atoms with Gasteiger partial charge in [-0.15, -0.1) is 0 Å². The Labute approximate surface area is 113 Å². The van der Waals surface area contributed by atoms with Gasteiger partial charge in [0.1, 0.15) is 6.61 Å². The predicted octanol–water partition coefficient (Wildman–Crippen LogP) is 1.11. The zero-order chi connectivity index (χ0) is 13.7. The normalized spacial score (nSPS) is 22.5. The van der Waals surface area contributed by atoms with Crippen LogP contribution in [0.2, 0.25) is 0 Å². The van der Waals surface area contributed by atoms with E-state index in [9.17, 15) is 9.90 Å². The maximum atomic E-state index is 11.9. The minimum Gasteiger partial charge on any atom is -0.445 e. The van der Waals surface area contributed by atoms with Crippen LogP contribution in [0, 0.1) is 0 Å². The molecule has 1 saturated heterocycles. The number of amides is 1. The van der Waals surface area contributed by atoms with Crippen LogP contribution >= 0.6 is 0 Å². The lowest BCUT2D eigenvalue weighted by molar-refractivity contribution is 0.0383. The van der Waals surface area contributed by atoms with Crippen molar-refractivity contribution in [2.24, 2.45) is 5.73 Å². The van der Waals surface area contributed by atoms with Gasteiger partial charge in [-0.05, 0) is 24.9 Å². The van der Waals surface area contributed by atoms with Crippen LogP contribution in [0.25, 0.3) is 0 Å². The number of hydrogen-bond donors (Lipinski definition) is 2. The average molecular weight is 264 g/mol. The number of nitrogens with zero attached hydrogens (tertiary/aromatic N) is 1. The van der Waals surface area contributed by atoms with Gasteiger partial charge < -0.3 is 20.5 Å². The monoisotopic (exact) mass is 264 g/mol. The summed E-state index contributed by atoms with van der Waals surface area (Å²) < 4.78 is 5.23. The van der Waals surface area contributed by atoms with Crippen molar-refractivity contribution in [3.8, 4) is 0 Å². The molecule has 0 spiro atoms. The largest absolute Gasteiger partial charge is 0.445 e. The Bertz CT molecular complexity index is 424. The summed E-state index contributed by atoms with van der Waals surface area (Å²) in [7, 11) is 0. The van der Waals surface area contributed by atoms with Crippen molar-refractivity contribution in [2.75, 3.05) is 19.6 Å². The number of benzene rings is 1. The molecule has 0 aliphatic carbocycles. The van der Waals surface area contributed by atoms with Gasteiger partial charge in [0.15, 0.2) is 0 Å². The van der Waals surface area contributed by atoms with Gasteiger partial charge in [0.05, 0.1) is 12.1 Å². The summed E-state index contributed by atoms with van der Waals surface area (Å²) in [5.41, 5.74) is 5.56. The topological polar surface area (TPSA) is 75.8 Å². The Morgan fingerprint density at radius 1 is 1.42 bits per heavy atom. The van der Waals surface area contributed by atoms with Crippen molar-refractivity contribution in [3.05, 3.63) is 35.9 Å². The van der Waals surface area contributed by atoms with E-state index in [1.165, 1.54) is 0 Å². The molecule has 1 aromatic rings. The van der Waals surface area contributed by atoms with Crippen LogP contribution in [0.1, 0.15) is 18.4 Å². The Balaban J connectivity index is 1.82. The molecule has 0 aromatic heterocycles. The molecular weight excluding hydrogens is 244 g/mol. The molecule has 1 atom stereocenters. The summed E-state index contributed by atoms with van der Waals surface area (Å²) in [6, 6.07) is 9.53. The van der Waals surface area contributed by atoms with E-state index in [4.69, 9.17) is 10.5 Å². The van der Waals surface area contributed by atoms with E-state index >= 15 is 0 Å². The Morgan fingerprint density at radius 3 is 2.84 bits per heavy atom. The number of likely N-dealkylation sites (tertiary alicyclic amines) is 1. The zero-order valence-electron chi connectivity index (χ0n) is 10.9. The van der Waals surface area contributed by atoms with E-state index < -0.39 is 5.60 Å². The van der Waals surface area contributed by atoms with Crippen LogP contribution in [-0.2, 0) is 11.3 Å². The maximum Gasteiger partial charge on any atom is 0.410 e. The number of hydrogen-bond acceptors (Lipinski definition) is 4. The SMILES string of the molecule is NCCC1(O)CCN(C(=O)OCc2ccccc2)C1. The van der Waals surface area contributed by atoms with Crippen LogP contribution in [0.15, 0.2) is 30.3 Å². The van der Waals surface area contributed by atoms with E-state index in [0.29, 0.717) is 32.5 Å². The van der Waals surface area contributed by atoms with Crippen molar-refractivity contribution in [1.82, 2.24) is 4.90 Å². The third-order valence-electron chi connectivity index (χ3n) is 3.41. The second-order valence-corrected chi connectivity index (χ2v) is 4.97. The van der Waals surface area contributed by atoms with E-state index in [1.807, 2.05) is 30.3 Å². The summed E-state index contributed by atoms with van der Waals surface area (Å²) in [6.45, 7) is 1.50. The van der Waals surface area contributed by atoms with E-state index in [1.54, 1.807) is 4.90 Å². The van der Waals surface area contributed by atoms with E-state index in [-0.39, 0.29) is 12.7 Å². The molecule has 19 heavy (non-hydrogen) atoms. The smallest absolute Gasteiger partial charge is 0.410 e. The van der Waals surface area contributed by atoms with Crippen molar-refractivity contribution in [3.63, 3.8) is 0 Å². The van der Waals surface area contributed by atoms with Crippen molar-refractivity contribution < 1.29 is 14.6 Å². The molecule has 1 unspecified atom stereocenters. The highest BCUT2D eigenvalue weighted by Gasteiger charge is 2.38. The fourth-order valence-electron chi connectivity index (χ4n) is 2.30. The minimum absolute atomic E-state index is 0.255. The number of carbonyl (C=O) groups excluding carboxylic acids is 1. The summed E-state index contributed by atoms with van der Waals surface area (Å²) in [5.74, 6) is 0. The summed E-state index contributed by atoms with van der Waals surface area (Å²) in [6.07, 6.45) is 0.692. The molecule has 1 aliphatic heterocycles. The molecule has 5 nitrogen and oxygen atoms in total. The predicted molar refractivity (Wildman–Crippen MR) is 71.4 cm³/mol.